The number of nitrogens with one attached hydrogen (secondary N) is 1. The van der Waals surface area contributed by atoms with E-state index in [0.717, 1.165) is 0 Å². The number of hydrogen-bond acceptors (Lipinski definition) is 5. The summed E-state index contributed by atoms with van der Waals surface area (Å²) in [6.45, 7) is 1.56. The van der Waals surface area contributed by atoms with Crippen LogP contribution >= 0.6 is 11.3 Å². The van der Waals surface area contributed by atoms with Gasteiger partial charge in [-0.25, -0.2) is 14.8 Å². The fourth-order valence-electron chi connectivity index (χ4n) is 2.15. The van der Waals surface area contributed by atoms with Crippen molar-refractivity contribution in [2.45, 2.75) is 12.7 Å². The van der Waals surface area contributed by atoms with Gasteiger partial charge in [0, 0.05) is 12.5 Å². The minimum Gasteiger partial charge on any atom is -0.465 e. The minimum atomic E-state index is -1.24. The molecule has 0 bridgehead atoms. The Balaban J connectivity index is 2.01. The highest BCUT2D eigenvalue weighted by molar-refractivity contribution is 7.12. The van der Waals surface area contributed by atoms with Gasteiger partial charge in [-0.2, -0.15) is 0 Å². The van der Waals surface area contributed by atoms with Crippen molar-refractivity contribution in [2.24, 2.45) is 9.98 Å². The topological polar surface area (TPSA) is 91.1 Å². The smallest absolute Gasteiger partial charge is 0.408 e. The number of ketones is 1. The van der Waals surface area contributed by atoms with Crippen LogP contribution in [0.4, 0.5) is 4.79 Å². The molecular weight excluding hydrogens is 290 g/mol. The van der Waals surface area contributed by atoms with E-state index in [1.165, 1.54) is 11.3 Å². The first-order chi connectivity index (χ1) is 9.97. The number of hydrogen-bond donors (Lipinski definition) is 2. The van der Waals surface area contributed by atoms with E-state index < -0.39 is 11.9 Å². The van der Waals surface area contributed by atoms with E-state index in [1.807, 2.05) is 11.4 Å². The molecule has 106 valence electrons. The third-order valence-corrected chi connectivity index (χ3v) is 3.87. The lowest BCUT2D eigenvalue weighted by Gasteiger charge is -2.16. The molecule has 0 aliphatic carbocycles. The largest absolute Gasteiger partial charge is 0.465 e. The number of fused-ring (bicyclic) bond motifs is 1. The fourth-order valence-corrected chi connectivity index (χ4v) is 2.84. The molecule has 1 aliphatic heterocycles. The maximum absolute atomic E-state index is 12.3. The quantitative estimate of drug-likeness (QED) is 0.834. The molecular formula is C14H11N3O3S. The number of nitrogens with zero attached hydrogens (tertiary/aromatic N) is 2. The van der Waals surface area contributed by atoms with Crippen LogP contribution in [0.1, 0.15) is 22.2 Å². The monoisotopic (exact) mass is 301 g/mol. The van der Waals surface area contributed by atoms with Gasteiger partial charge in [0.05, 0.1) is 15.6 Å². The molecule has 1 atom stereocenters. The zero-order chi connectivity index (χ0) is 15.0. The predicted octanol–water partition coefficient (Wildman–Crippen LogP) is 1.17. The van der Waals surface area contributed by atoms with Crippen LogP contribution in [0.15, 0.2) is 45.7 Å². The first kappa shape index (κ1) is 13.4. The normalized spacial score (nSPS) is 19.3. The molecule has 1 aromatic heterocycles. The lowest BCUT2D eigenvalue weighted by atomic mass is 10.1. The molecule has 1 unspecified atom stereocenters. The first-order valence-electron chi connectivity index (χ1n) is 6.16. The highest BCUT2D eigenvalue weighted by Crippen LogP contribution is 2.14. The minimum absolute atomic E-state index is 0.0807. The lowest BCUT2D eigenvalue weighted by molar-refractivity contribution is 0.104. The molecule has 7 heteroatoms. The van der Waals surface area contributed by atoms with E-state index in [1.54, 1.807) is 31.2 Å². The Morgan fingerprint density at radius 1 is 1.24 bits per heavy atom. The molecule has 0 saturated carbocycles. The van der Waals surface area contributed by atoms with Gasteiger partial charge in [0.25, 0.3) is 0 Å². The number of thiophene rings is 1. The van der Waals surface area contributed by atoms with Crippen molar-refractivity contribution < 1.29 is 14.7 Å². The lowest BCUT2D eigenvalue weighted by Crippen LogP contribution is -2.41. The SMILES string of the molecule is CC1(NC(=O)O)N=c2ccc(C(=O)c3cccs3)cc2=N1. The third-order valence-electron chi connectivity index (χ3n) is 3.00. The second-order valence-electron chi connectivity index (χ2n) is 4.68. The second-order valence-corrected chi connectivity index (χ2v) is 5.63. The molecule has 2 N–H and O–H groups in total. The van der Waals surface area contributed by atoms with Crippen molar-refractivity contribution >= 4 is 23.2 Å². The Bertz CT molecular complexity index is 845. The summed E-state index contributed by atoms with van der Waals surface area (Å²) in [5.41, 5.74) is 0.509. The van der Waals surface area contributed by atoms with E-state index in [-0.39, 0.29) is 5.78 Å². The van der Waals surface area contributed by atoms with E-state index in [4.69, 9.17) is 5.11 Å². The zero-order valence-corrected chi connectivity index (χ0v) is 11.8. The van der Waals surface area contributed by atoms with Crippen molar-refractivity contribution in [1.82, 2.24) is 5.32 Å². The Morgan fingerprint density at radius 2 is 2.00 bits per heavy atom. The van der Waals surface area contributed by atoms with Crippen LogP contribution in [-0.4, -0.2) is 22.8 Å². The van der Waals surface area contributed by atoms with Gasteiger partial charge in [-0.05, 0) is 29.6 Å². The summed E-state index contributed by atoms with van der Waals surface area (Å²) < 4.78 is 0. The van der Waals surface area contributed by atoms with Gasteiger partial charge in [0.2, 0.25) is 11.6 Å². The summed E-state index contributed by atoms with van der Waals surface area (Å²) >= 11 is 1.37. The fraction of sp³-hybridized carbons (Fsp3) is 0.143. The summed E-state index contributed by atoms with van der Waals surface area (Å²) in [5, 5.41) is 14.0. The Morgan fingerprint density at radius 3 is 2.67 bits per heavy atom. The van der Waals surface area contributed by atoms with Crippen LogP contribution < -0.4 is 16.0 Å². The van der Waals surface area contributed by atoms with E-state index in [2.05, 4.69) is 15.3 Å². The van der Waals surface area contributed by atoms with E-state index in [0.29, 0.717) is 21.2 Å². The number of rotatable bonds is 3. The Labute approximate surface area is 123 Å². The summed E-state index contributed by atoms with van der Waals surface area (Å²) in [6, 6.07) is 8.56. The van der Waals surface area contributed by atoms with Gasteiger partial charge in [0.1, 0.15) is 0 Å². The van der Waals surface area contributed by atoms with Gasteiger partial charge in [0.15, 0.2) is 0 Å². The molecule has 3 rings (SSSR count). The highest BCUT2D eigenvalue weighted by atomic mass is 32.1. The van der Waals surface area contributed by atoms with Crippen molar-refractivity contribution in [3.63, 3.8) is 0 Å². The van der Waals surface area contributed by atoms with Crippen LogP contribution in [-0.2, 0) is 0 Å². The van der Waals surface area contributed by atoms with Crippen molar-refractivity contribution in [3.8, 4) is 0 Å². The number of carbonyl (C=O) groups is 2. The third kappa shape index (κ3) is 2.55. The number of benzene rings is 1. The molecule has 0 spiro atoms. The van der Waals surface area contributed by atoms with Crippen LogP contribution in [0.5, 0.6) is 0 Å². The summed E-state index contributed by atoms with van der Waals surface area (Å²) in [6.07, 6.45) is -1.20. The summed E-state index contributed by atoms with van der Waals surface area (Å²) in [7, 11) is 0. The second kappa shape index (κ2) is 4.78. The standard InChI is InChI=1S/C14H11N3O3S/c1-14(17-13(19)20)15-9-5-4-8(7-10(9)16-14)12(18)11-3-2-6-21-11/h2-7,17H,1H3,(H,19,20). The zero-order valence-electron chi connectivity index (χ0n) is 11.0. The maximum atomic E-state index is 12.3. The predicted molar refractivity (Wildman–Crippen MR) is 76.1 cm³/mol. The highest BCUT2D eigenvalue weighted by Gasteiger charge is 2.27. The average Bonchev–Trinajstić information content (AvgIpc) is 3.01. The van der Waals surface area contributed by atoms with E-state index >= 15 is 0 Å². The van der Waals surface area contributed by atoms with Crippen molar-refractivity contribution in [2.75, 3.05) is 0 Å². The van der Waals surface area contributed by atoms with Gasteiger partial charge < -0.3 is 5.11 Å². The molecule has 1 aromatic carbocycles. The van der Waals surface area contributed by atoms with Crippen LogP contribution in [0, 0.1) is 0 Å². The van der Waals surface area contributed by atoms with E-state index in [9.17, 15) is 9.59 Å². The van der Waals surface area contributed by atoms with Gasteiger partial charge in [-0.15, -0.1) is 11.3 Å². The average molecular weight is 301 g/mol. The summed E-state index contributed by atoms with van der Waals surface area (Å²) in [5.74, 6) is -1.32. The molecule has 0 saturated heterocycles. The number of amides is 1. The Hall–Kier alpha value is -2.54. The molecule has 2 aromatic rings. The molecule has 0 radical (unpaired) electrons. The number of carboxylic acid groups (broad SMARTS) is 1. The van der Waals surface area contributed by atoms with Crippen LogP contribution in [0.2, 0.25) is 0 Å². The molecule has 0 fully saturated rings. The molecule has 2 heterocycles. The first-order valence-corrected chi connectivity index (χ1v) is 7.04. The maximum Gasteiger partial charge on any atom is 0.408 e. The molecule has 21 heavy (non-hydrogen) atoms. The van der Waals surface area contributed by atoms with Gasteiger partial charge in [-0.3, -0.25) is 10.1 Å². The number of carbonyl (C=O) groups excluding carboxylic acids is 1. The molecule has 1 aliphatic rings. The van der Waals surface area contributed by atoms with Crippen molar-refractivity contribution in [1.29, 1.82) is 0 Å². The van der Waals surface area contributed by atoms with Crippen LogP contribution in [0.25, 0.3) is 0 Å². The van der Waals surface area contributed by atoms with Gasteiger partial charge in [-0.1, -0.05) is 6.07 Å². The molecule has 6 nitrogen and oxygen atoms in total. The molecule has 1 amide bonds. The summed E-state index contributed by atoms with van der Waals surface area (Å²) in [4.78, 5) is 32.1. The van der Waals surface area contributed by atoms with Gasteiger partial charge >= 0.3 is 6.09 Å². The van der Waals surface area contributed by atoms with Crippen molar-refractivity contribution in [3.05, 3.63) is 56.9 Å². The van der Waals surface area contributed by atoms with Crippen LogP contribution in [0.3, 0.4) is 0 Å². The Kier molecular flexibility index (Phi) is 3.06.